The Morgan fingerprint density at radius 1 is 1.27 bits per heavy atom. The van der Waals surface area contributed by atoms with Crippen molar-refractivity contribution in [2.75, 3.05) is 6.61 Å². The van der Waals surface area contributed by atoms with E-state index in [1.54, 1.807) is 13.8 Å². The van der Waals surface area contributed by atoms with Crippen LogP contribution in [0.25, 0.3) is 0 Å². The zero-order chi connectivity index (χ0) is 12.0. The van der Waals surface area contributed by atoms with E-state index in [0.717, 1.165) is 0 Å². The third kappa shape index (κ3) is 4.93. The van der Waals surface area contributed by atoms with Crippen molar-refractivity contribution in [1.82, 2.24) is 0 Å². The van der Waals surface area contributed by atoms with Crippen LogP contribution in [0.2, 0.25) is 0 Å². The number of esters is 1. The van der Waals surface area contributed by atoms with Crippen molar-refractivity contribution in [2.24, 2.45) is 17.6 Å². The number of hydrogen-bond donors (Lipinski definition) is 1. The van der Waals surface area contributed by atoms with Gasteiger partial charge in [0.15, 0.2) is 5.78 Å². The van der Waals surface area contributed by atoms with Crippen molar-refractivity contribution in [1.29, 1.82) is 0 Å². The molecular formula is C11H21NO3. The molecule has 0 saturated carbocycles. The molecule has 0 spiro atoms. The zero-order valence-electron chi connectivity index (χ0n) is 9.95. The van der Waals surface area contributed by atoms with Gasteiger partial charge in [-0.3, -0.25) is 9.59 Å². The molecule has 0 radical (unpaired) electrons. The molecule has 1 unspecified atom stereocenters. The standard InChI is InChI=1S/C11H21NO3/c1-5-15-11(14)8(4)6-9(13)10(12)7(2)3/h7-8,10H,5-6,12H2,1-4H3/t8?,10-/m1/s1. The number of carbonyl (C=O) groups excluding carboxylic acids is 2. The first-order valence-electron chi connectivity index (χ1n) is 5.35. The van der Waals surface area contributed by atoms with Gasteiger partial charge >= 0.3 is 5.97 Å². The van der Waals surface area contributed by atoms with Crippen LogP contribution in [0.5, 0.6) is 0 Å². The Balaban J connectivity index is 4.12. The number of hydrogen-bond acceptors (Lipinski definition) is 4. The van der Waals surface area contributed by atoms with Gasteiger partial charge in [-0.1, -0.05) is 20.8 Å². The molecule has 4 nitrogen and oxygen atoms in total. The fraction of sp³-hybridized carbons (Fsp3) is 0.818. The van der Waals surface area contributed by atoms with E-state index >= 15 is 0 Å². The lowest BCUT2D eigenvalue weighted by atomic mass is 9.94. The average Bonchev–Trinajstić information content (AvgIpc) is 2.16. The Morgan fingerprint density at radius 2 is 1.80 bits per heavy atom. The topological polar surface area (TPSA) is 69.4 Å². The van der Waals surface area contributed by atoms with Crippen molar-refractivity contribution >= 4 is 11.8 Å². The molecule has 0 aromatic carbocycles. The van der Waals surface area contributed by atoms with E-state index in [1.165, 1.54) is 0 Å². The van der Waals surface area contributed by atoms with E-state index in [0.29, 0.717) is 6.61 Å². The maximum atomic E-state index is 11.6. The van der Waals surface area contributed by atoms with E-state index < -0.39 is 12.0 Å². The van der Waals surface area contributed by atoms with Crippen LogP contribution >= 0.6 is 0 Å². The quantitative estimate of drug-likeness (QED) is 0.674. The van der Waals surface area contributed by atoms with Gasteiger partial charge in [-0.25, -0.2) is 0 Å². The van der Waals surface area contributed by atoms with Crippen LogP contribution in [0, 0.1) is 11.8 Å². The van der Waals surface area contributed by atoms with E-state index in [4.69, 9.17) is 10.5 Å². The summed E-state index contributed by atoms with van der Waals surface area (Å²) < 4.78 is 4.81. The van der Waals surface area contributed by atoms with Gasteiger partial charge in [-0.05, 0) is 12.8 Å². The van der Waals surface area contributed by atoms with Crippen LogP contribution in [0.15, 0.2) is 0 Å². The van der Waals surface area contributed by atoms with Gasteiger partial charge in [-0.2, -0.15) is 0 Å². The Kier molecular flexibility index (Phi) is 6.17. The van der Waals surface area contributed by atoms with Crippen LogP contribution < -0.4 is 5.73 Å². The minimum Gasteiger partial charge on any atom is -0.466 e. The summed E-state index contributed by atoms with van der Waals surface area (Å²) >= 11 is 0. The third-order valence-corrected chi connectivity index (χ3v) is 2.29. The predicted octanol–water partition coefficient (Wildman–Crippen LogP) is 1.13. The first-order valence-corrected chi connectivity index (χ1v) is 5.35. The molecule has 15 heavy (non-hydrogen) atoms. The fourth-order valence-corrected chi connectivity index (χ4v) is 1.18. The average molecular weight is 215 g/mol. The molecule has 0 heterocycles. The number of carbonyl (C=O) groups is 2. The number of Topliss-reactive ketones (excluding diaryl/α,β-unsaturated/α-hetero) is 1. The minimum absolute atomic E-state index is 0.0782. The molecule has 0 aliphatic heterocycles. The summed E-state index contributed by atoms with van der Waals surface area (Å²) in [5, 5.41) is 0. The Bertz CT molecular complexity index is 226. The van der Waals surface area contributed by atoms with E-state index in [2.05, 4.69) is 0 Å². The fourth-order valence-electron chi connectivity index (χ4n) is 1.18. The number of ketones is 1. The van der Waals surface area contributed by atoms with Crippen molar-refractivity contribution < 1.29 is 14.3 Å². The predicted molar refractivity (Wildman–Crippen MR) is 58.2 cm³/mol. The molecule has 0 amide bonds. The molecule has 0 rings (SSSR count). The zero-order valence-corrected chi connectivity index (χ0v) is 9.95. The van der Waals surface area contributed by atoms with Crippen molar-refractivity contribution in [3.63, 3.8) is 0 Å². The summed E-state index contributed by atoms with van der Waals surface area (Å²) in [5.74, 6) is -0.707. The highest BCUT2D eigenvalue weighted by Crippen LogP contribution is 2.10. The minimum atomic E-state index is -0.484. The molecule has 0 fully saturated rings. The first kappa shape index (κ1) is 14.1. The van der Waals surface area contributed by atoms with E-state index in [1.807, 2.05) is 13.8 Å². The molecule has 4 heteroatoms. The molecule has 2 atom stereocenters. The highest BCUT2D eigenvalue weighted by atomic mass is 16.5. The summed E-state index contributed by atoms with van der Waals surface area (Å²) in [7, 11) is 0. The number of rotatable bonds is 6. The van der Waals surface area contributed by atoms with Crippen molar-refractivity contribution in [2.45, 2.75) is 40.2 Å². The molecule has 0 aromatic heterocycles. The lowest BCUT2D eigenvalue weighted by Gasteiger charge is -2.16. The normalized spacial score (nSPS) is 14.8. The molecule has 0 aliphatic rings. The summed E-state index contributed by atoms with van der Waals surface area (Å²) in [5.41, 5.74) is 5.68. The maximum Gasteiger partial charge on any atom is 0.309 e. The highest BCUT2D eigenvalue weighted by molar-refractivity contribution is 5.88. The second-order valence-corrected chi connectivity index (χ2v) is 4.09. The lowest BCUT2D eigenvalue weighted by Crippen LogP contribution is -2.37. The Hall–Kier alpha value is -0.900. The summed E-state index contributed by atoms with van der Waals surface area (Å²) in [4.78, 5) is 22.8. The Morgan fingerprint density at radius 3 is 2.20 bits per heavy atom. The molecule has 0 aromatic rings. The van der Waals surface area contributed by atoms with Crippen LogP contribution in [0.3, 0.4) is 0 Å². The smallest absolute Gasteiger partial charge is 0.309 e. The number of ether oxygens (including phenoxy) is 1. The van der Waals surface area contributed by atoms with Gasteiger partial charge < -0.3 is 10.5 Å². The third-order valence-electron chi connectivity index (χ3n) is 2.29. The molecule has 0 saturated heterocycles. The Labute approximate surface area is 91.2 Å². The molecule has 2 N–H and O–H groups in total. The second-order valence-electron chi connectivity index (χ2n) is 4.09. The number of nitrogens with two attached hydrogens (primary N) is 1. The van der Waals surface area contributed by atoms with Crippen LogP contribution in [-0.2, 0) is 14.3 Å². The monoisotopic (exact) mass is 215 g/mol. The molecular weight excluding hydrogens is 194 g/mol. The lowest BCUT2D eigenvalue weighted by molar-refractivity contribution is -0.149. The molecule has 0 aliphatic carbocycles. The maximum absolute atomic E-state index is 11.6. The summed E-state index contributed by atoms with van der Waals surface area (Å²) in [6.45, 7) is 7.54. The SMILES string of the molecule is CCOC(=O)C(C)CC(=O)[C@H](N)C(C)C. The van der Waals surface area contributed by atoms with Gasteiger partial charge in [0.2, 0.25) is 0 Å². The van der Waals surface area contributed by atoms with Gasteiger partial charge in [0, 0.05) is 6.42 Å². The van der Waals surface area contributed by atoms with Crippen LogP contribution in [-0.4, -0.2) is 24.4 Å². The highest BCUT2D eigenvalue weighted by Gasteiger charge is 2.23. The van der Waals surface area contributed by atoms with E-state index in [9.17, 15) is 9.59 Å². The van der Waals surface area contributed by atoms with Gasteiger partial charge in [-0.15, -0.1) is 0 Å². The largest absolute Gasteiger partial charge is 0.466 e. The summed E-state index contributed by atoms with van der Waals surface area (Å²) in [6, 6.07) is -0.484. The van der Waals surface area contributed by atoms with Crippen LogP contribution in [0.4, 0.5) is 0 Å². The molecule has 0 bridgehead atoms. The van der Waals surface area contributed by atoms with Gasteiger partial charge in [0.1, 0.15) is 0 Å². The second kappa shape index (κ2) is 6.56. The van der Waals surface area contributed by atoms with Crippen molar-refractivity contribution in [3.8, 4) is 0 Å². The summed E-state index contributed by atoms with van der Waals surface area (Å²) in [6.07, 6.45) is 0.165. The molecule has 88 valence electrons. The van der Waals surface area contributed by atoms with E-state index in [-0.39, 0.29) is 24.1 Å². The van der Waals surface area contributed by atoms with Crippen molar-refractivity contribution in [3.05, 3.63) is 0 Å². The van der Waals surface area contributed by atoms with Gasteiger partial charge in [0.25, 0.3) is 0 Å². The van der Waals surface area contributed by atoms with Crippen LogP contribution in [0.1, 0.15) is 34.1 Å². The first-order chi connectivity index (χ1) is 6.90. The van der Waals surface area contributed by atoms with Gasteiger partial charge in [0.05, 0.1) is 18.6 Å².